The number of nitrogens with one attached hydrogen (secondary N) is 2. The van der Waals surface area contributed by atoms with E-state index in [1.807, 2.05) is 35.4 Å². The van der Waals surface area contributed by atoms with Gasteiger partial charge in [-0.3, -0.25) is 14.5 Å². The molecular formula is C31H34ClFN4O2. The third-order valence-corrected chi connectivity index (χ3v) is 9.27. The molecule has 0 radical (unpaired) electrons. The van der Waals surface area contributed by atoms with Crippen LogP contribution in [0.1, 0.15) is 75.7 Å². The van der Waals surface area contributed by atoms with Crippen molar-refractivity contribution in [2.45, 2.75) is 51.1 Å². The van der Waals surface area contributed by atoms with Crippen molar-refractivity contribution in [3.63, 3.8) is 0 Å². The van der Waals surface area contributed by atoms with Crippen LogP contribution in [0.4, 0.5) is 4.39 Å². The van der Waals surface area contributed by atoms with Crippen LogP contribution in [0.3, 0.4) is 0 Å². The fourth-order valence-corrected chi connectivity index (χ4v) is 6.72. The van der Waals surface area contributed by atoms with Crippen LogP contribution >= 0.6 is 11.6 Å². The maximum atomic E-state index is 14.2. The molecule has 2 aromatic carbocycles. The summed E-state index contributed by atoms with van der Waals surface area (Å²) < 4.78 is 14.2. The van der Waals surface area contributed by atoms with E-state index >= 15 is 0 Å². The van der Waals surface area contributed by atoms with Crippen LogP contribution in [-0.2, 0) is 13.0 Å². The van der Waals surface area contributed by atoms with Gasteiger partial charge >= 0.3 is 0 Å². The summed E-state index contributed by atoms with van der Waals surface area (Å²) in [5, 5.41) is 3.26. The maximum absolute atomic E-state index is 14.2. The molecule has 2 N–H and O–H groups in total. The van der Waals surface area contributed by atoms with Crippen molar-refractivity contribution >= 4 is 23.4 Å². The number of carbonyl (C=O) groups excluding carboxylic acids is 2. The molecule has 0 saturated carbocycles. The average molecular weight is 549 g/mol. The Balaban J connectivity index is 1.07. The van der Waals surface area contributed by atoms with Crippen molar-refractivity contribution in [3.8, 4) is 0 Å². The zero-order chi connectivity index (χ0) is 27.0. The van der Waals surface area contributed by atoms with Gasteiger partial charge in [0.05, 0.1) is 11.6 Å². The zero-order valence-electron chi connectivity index (χ0n) is 22.0. The number of aromatic nitrogens is 1. The summed E-state index contributed by atoms with van der Waals surface area (Å²) in [7, 11) is 0. The van der Waals surface area contributed by atoms with Gasteiger partial charge in [0.15, 0.2) is 0 Å². The first-order valence-corrected chi connectivity index (χ1v) is 14.3. The number of halogens is 2. The zero-order valence-corrected chi connectivity index (χ0v) is 22.8. The second-order valence-corrected chi connectivity index (χ2v) is 11.8. The fraction of sp³-hybridized carbons (Fsp3) is 0.419. The molecule has 204 valence electrons. The van der Waals surface area contributed by atoms with E-state index in [-0.39, 0.29) is 17.5 Å². The van der Waals surface area contributed by atoms with Crippen molar-refractivity contribution < 1.29 is 14.0 Å². The second-order valence-electron chi connectivity index (χ2n) is 11.4. The van der Waals surface area contributed by atoms with Crippen LogP contribution in [0.25, 0.3) is 0 Å². The van der Waals surface area contributed by atoms with Crippen molar-refractivity contribution in [1.82, 2.24) is 20.1 Å². The number of aromatic amines is 1. The van der Waals surface area contributed by atoms with Crippen LogP contribution in [0.2, 0.25) is 5.02 Å². The Kier molecular flexibility index (Phi) is 7.21. The van der Waals surface area contributed by atoms with E-state index < -0.39 is 11.7 Å². The number of amides is 2. The van der Waals surface area contributed by atoms with Crippen LogP contribution in [0.15, 0.2) is 54.7 Å². The Hall–Kier alpha value is -3.16. The lowest BCUT2D eigenvalue weighted by molar-refractivity contribution is 0.0283. The van der Waals surface area contributed by atoms with Gasteiger partial charge in [0.2, 0.25) is 0 Å². The highest BCUT2D eigenvalue weighted by atomic mass is 35.5. The van der Waals surface area contributed by atoms with Crippen molar-refractivity contribution in [2.24, 2.45) is 5.41 Å². The standard InChI is InChI=1S/C31H34ClFN4O2/c32-23-6-7-27(33)26(19-23)29(38)35-28-8-5-21-3-4-22(18-25(21)28)30(39)37-16-11-31(12-17-37)9-14-36(15-10-31)20-24-2-1-13-34-24/h1-4,6-7,13,18-19,28,34H,5,8-12,14-17,20H2,(H,35,38). The number of fused-ring (bicyclic) bond motifs is 1. The molecule has 8 heteroatoms. The number of hydrogen-bond acceptors (Lipinski definition) is 3. The Labute approximate surface area is 233 Å². The Bertz CT molecular complexity index is 1360. The molecule has 3 aromatic rings. The SMILES string of the molecule is O=C(NC1CCc2ccc(C(=O)N3CCC4(CCN(Cc5ccc[nH]5)CC4)CC3)cc21)c1cc(Cl)ccc1F. The number of likely N-dealkylation sites (tertiary alicyclic amines) is 2. The molecule has 3 heterocycles. The molecule has 39 heavy (non-hydrogen) atoms. The summed E-state index contributed by atoms with van der Waals surface area (Å²) in [5.41, 5.74) is 4.25. The summed E-state index contributed by atoms with van der Waals surface area (Å²) in [6.45, 7) is 4.73. The van der Waals surface area contributed by atoms with E-state index in [4.69, 9.17) is 11.6 Å². The second kappa shape index (κ2) is 10.8. The molecule has 6 nitrogen and oxygen atoms in total. The van der Waals surface area contributed by atoms with Crippen LogP contribution in [0.5, 0.6) is 0 Å². The van der Waals surface area contributed by atoms with E-state index in [0.29, 0.717) is 22.4 Å². The Morgan fingerprint density at radius 1 is 1.03 bits per heavy atom. The van der Waals surface area contributed by atoms with E-state index in [1.165, 1.54) is 36.7 Å². The molecule has 1 atom stereocenters. The maximum Gasteiger partial charge on any atom is 0.254 e. The lowest BCUT2D eigenvalue weighted by Gasteiger charge is -2.47. The topological polar surface area (TPSA) is 68.4 Å². The average Bonchev–Trinajstić information content (AvgIpc) is 3.61. The van der Waals surface area contributed by atoms with E-state index in [1.54, 1.807) is 0 Å². The van der Waals surface area contributed by atoms with E-state index in [0.717, 1.165) is 63.1 Å². The largest absolute Gasteiger partial charge is 0.364 e. The van der Waals surface area contributed by atoms with Crippen LogP contribution in [0, 0.1) is 11.2 Å². The highest BCUT2D eigenvalue weighted by molar-refractivity contribution is 6.31. The quantitative estimate of drug-likeness (QED) is 0.427. The molecule has 1 aromatic heterocycles. The summed E-state index contributed by atoms with van der Waals surface area (Å²) >= 11 is 5.98. The summed E-state index contributed by atoms with van der Waals surface area (Å²) in [5.74, 6) is -1.05. The molecule has 2 saturated heterocycles. The first-order valence-electron chi connectivity index (χ1n) is 13.9. The Morgan fingerprint density at radius 3 is 2.54 bits per heavy atom. The summed E-state index contributed by atoms with van der Waals surface area (Å²) in [4.78, 5) is 34.1. The highest BCUT2D eigenvalue weighted by Gasteiger charge is 2.39. The number of benzene rings is 2. The van der Waals surface area contributed by atoms with E-state index in [9.17, 15) is 14.0 Å². The van der Waals surface area contributed by atoms with Gasteiger partial charge in [0, 0.05) is 42.1 Å². The molecule has 1 spiro atoms. The van der Waals surface area contributed by atoms with Crippen LogP contribution < -0.4 is 5.32 Å². The Morgan fingerprint density at radius 2 is 1.79 bits per heavy atom. The molecule has 2 aliphatic heterocycles. The molecule has 1 unspecified atom stereocenters. The van der Waals surface area contributed by atoms with Gasteiger partial charge in [0.1, 0.15) is 5.82 Å². The third kappa shape index (κ3) is 5.48. The number of H-pyrrole nitrogens is 1. The van der Waals surface area contributed by atoms with Crippen molar-refractivity contribution in [1.29, 1.82) is 0 Å². The summed E-state index contributed by atoms with van der Waals surface area (Å²) in [6, 6.07) is 13.7. The third-order valence-electron chi connectivity index (χ3n) is 9.03. The normalized spacial score (nSPS) is 20.7. The van der Waals surface area contributed by atoms with Gasteiger partial charge in [-0.25, -0.2) is 4.39 Å². The van der Waals surface area contributed by atoms with Gasteiger partial charge in [-0.15, -0.1) is 0 Å². The predicted molar refractivity (Wildman–Crippen MR) is 149 cm³/mol. The predicted octanol–water partition coefficient (Wildman–Crippen LogP) is 5.74. The number of hydrogen-bond donors (Lipinski definition) is 2. The molecular weight excluding hydrogens is 515 g/mol. The van der Waals surface area contributed by atoms with Crippen molar-refractivity contribution in [2.75, 3.05) is 26.2 Å². The number of nitrogens with zero attached hydrogens (tertiary/aromatic N) is 2. The number of aryl methyl sites for hydroxylation is 1. The number of rotatable bonds is 5. The van der Waals surface area contributed by atoms with Crippen LogP contribution in [-0.4, -0.2) is 52.8 Å². The first-order chi connectivity index (χ1) is 18.9. The smallest absolute Gasteiger partial charge is 0.254 e. The number of carbonyl (C=O) groups is 2. The molecule has 0 bridgehead atoms. The molecule has 3 aliphatic rings. The van der Waals surface area contributed by atoms with Gasteiger partial charge < -0.3 is 15.2 Å². The monoisotopic (exact) mass is 548 g/mol. The highest BCUT2D eigenvalue weighted by Crippen LogP contribution is 2.42. The van der Waals surface area contributed by atoms with Gasteiger partial charge in [-0.2, -0.15) is 0 Å². The van der Waals surface area contributed by atoms with Crippen molar-refractivity contribution in [3.05, 3.63) is 93.5 Å². The minimum absolute atomic E-state index is 0.0506. The van der Waals surface area contributed by atoms with Gasteiger partial charge in [-0.1, -0.05) is 17.7 Å². The van der Waals surface area contributed by atoms with E-state index in [2.05, 4.69) is 21.3 Å². The lowest BCUT2D eigenvalue weighted by atomic mass is 9.71. The summed E-state index contributed by atoms with van der Waals surface area (Å²) in [6.07, 6.45) is 7.96. The minimum Gasteiger partial charge on any atom is -0.364 e. The molecule has 1 aliphatic carbocycles. The molecule has 6 rings (SSSR count). The van der Waals surface area contributed by atoms with Gasteiger partial charge in [-0.05, 0) is 111 Å². The lowest BCUT2D eigenvalue weighted by Crippen LogP contribution is -2.48. The fourth-order valence-electron chi connectivity index (χ4n) is 6.55. The molecule has 2 amide bonds. The number of piperidine rings is 2. The first kappa shape index (κ1) is 26.1. The molecule has 2 fully saturated rings. The van der Waals surface area contributed by atoms with Gasteiger partial charge in [0.25, 0.3) is 11.8 Å². The minimum atomic E-state index is -0.604.